The third-order valence-corrected chi connectivity index (χ3v) is 22.3. The van der Waals surface area contributed by atoms with Gasteiger partial charge in [-0.25, -0.2) is 14.4 Å². The van der Waals surface area contributed by atoms with Gasteiger partial charge in [0.1, 0.15) is 38.1 Å². The van der Waals surface area contributed by atoms with Gasteiger partial charge in [-0.1, -0.05) is 64.1 Å². The van der Waals surface area contributed by atoms with Gasteiger partial charge >= 0.3 is 17.9 Å². The number of morpholine rings is 3. The summed E-state index contributed by atoms with van der Waals surface area (Å²) in [5.41, 5.74) is 4.65. The third kappa shape index (κ3) is 22.8. The van der Waals surface area contributed by atoms with Gasteiger partial charge in [-0.05, 0) is 213 Å². The highest BCUT2D eigenvalue weighted by atomic mass is 16.6. The first-order valence-corrected chi connectivity index (χ1v) is 38.9. The molecule has 0 radical (unpaired) electrons. The van der Waals surface area contributed by atoms with Crippen molar-refractivity contribution in [2.45, 2.75) is 108 Å². The highest BCUT2D eigenvalue weighted by Crippen LogP contribution is 2.34. The summed E-state index contributed by atoms with van der Waals surface area (Å²) in [5.74, 6) is -2.03. The third-order valence-electron chi connectivity index (χ3n) is 22.3. The summed E-state index contributed by atoms with van der Waals surface area (Å²) < 4.78 is 51.5. The maximum atomic E-state index is 14.4. The van der Waals surface area contributed by atoms with Gasteiger partial charge in [-0.15, -0.1) is 0 Å². The molecule has 3 heterocycles. The van der Waals surface area contributed by atoms with E-state index in [1.54, 1.807) is 72.8 Å². The second-order valence-electron chi connectivity index (χ2n) is 30.0. The normalized spacial score (nSPS) is 17.2. The smallest absolute Gasteiger partial charge is 0.338 e. The van der Waals surface area contributed by atoms with Crippen LogP contribution in [0.2, 0.25) is 0 Å². The fraction of sp³-hybridized carbons (Fsp3) is 0.517. The molecule has 6 aromatic carbocycles. The molecule has 3 fully saturated rings. The van der Waals surface area contributed by atoms with Gasteiger partial charge in [0.25, 0.3) is 0 Å². The molecule has 3 N–H and O–H groups in total. The molecule has 3 aliphatic heterocycles. The van der Waals surface area contributed by atoms with Crippen LogP contribution in [-0.2, 0) is 61.9 Å². The van der Waals surface area contributed by atoms with Gasteiger partial charge < -0.3 is 72.7 Å². The predicted octanol–water partition coefficient (Wildman–Crippen LogP) is 9.00. The predicted molar refractivity (Wildman–Crippen MR) is 426 cm³/mol. The van der Waals surface area contributed by atoms with Crippen molar-refractivity contribution in [3.8, 4) is 0 Å². The van der Waals surface area contributed by atoms with Crippen molar-refractivity contribution >= 4 is 52.3 Å². The number of likely N-dealkylation sites (N-methyl/N-ethyl adjacent to an activating group) is 3. The Morgan fingerprint density at radius 2 is 0.568 bits per heavy atom. The zero-order valence-electron chi connectivity index (χ0n) is 66.5. The zero-order valence-corrected chi connectivity index (χ0v) is 66.5. The highest BCUT2D eigenvalue weighted by Gasteiger charge is 2.43. The zero-order chi connectivity index (χ0) is 79.7. The Morgan fingerprint density at radius 3 is 0.775 bits per heavy atom. The second kappa shape index (κ2) is 41.4. The van der Waals surface area contributed by atoms with Crippen LogP contribution in [0.25, 0.3) is 0 Å². The number of carbonyl (C=O) groups excluding carboxylic acids is 6. The first kappa shape index (κ1) is 86.6. The Kier molecular flexibility index (Phi) is 32.3. The number of hydrogen-bond acceptors (Lipinski definition) is 24. The van der Waals surface area contributed by atoms with Gasteiger partial charge in [-0.3, -0.25) is 29.1 Å². The average molecular weight is 1530 g/mol. The van der Waals surface area contributed by atoms with Crippen LogP contribution in [0.15, 0.2) is 146 Å². The van der Waals surface area contributed by atoms with Crippen LogP contribution in [0.4, 0.5) is 17.1 Å². The minimum Gasteiger partial charge on any atom is -0.459 e. The molecule has 6 unspecified atom stereocenters. The van der Waals surface area contributed by atoms with Crippen molar-refractivity contribution in [1.82, 2.24) is 14.7 Å². The number of benzene rings is 6. The molecular weight excluding hydrogens is 1420 g/mol. The van der Waals surface area contributed by atoms with Crippen molar-refractivity contribution in [2.24, 2.45) is 5.41 Å². The van der Waals surface area contributed by atoms with Crippen molar-refractivity contribution in [3.05, 3.63) is 196 Å². The van der Waals surface area contributed by atoms with Crippen molar-refractivity contribution < 1.29 is 86.7 Å². The van der Waals surface area contributed by atoms with E-state index in [1.165, 1.54) is 0 Å². The maximum absolute atomic E-state index is 14.4. The Balaban J connectivity index is 0.778. The second-order valence-corrected chi connectivity index (χ2v) is 30.0. The first-order valence-electron chi connectivity index (χ1n) is 38.9. The topological polar surface area (TPSA) is 266 Å². The molecule has 6 atom stereocenters. The molecule has 0 aromatic heterocycles. The number of aliphatic hydroxyl groups excluding tert-OH is 3. The number of nitrogens with zero attached hydrogens (tertiary/aromatic N) is 6. The number of anilines is 3. The molecule has 9 rings (SSSR count). The minimum atomic E-state index is -1.26. The van der Waals surface area contributed by atoms with E-state index in [9.17, 15) is 44.1 Å². The molecule has 0 bridgehead atoms. The van der Waals surface area contributed by atoms with Crippen molar-refractivity contribution in [2.75, 3.05) is 195 Å². The molecule has 0 spiro atoms. The number of ketones is 3. The van der Waals surface area contributed by atoms with Crippen molar-refractivity contribution in [1.29, 1.82) is 0 Å². The lowest BCUT2D eigenvalue weighted by atomic mass is 9.80. The number of hydrogen-bond donors (Lipinski definition) is 3. The van der Waals surface area contributed by atoms with E-state index in [0.29, 0.717) is 101 Å². The van der Waals surface area contributed by atoms with E-state index in [4.69, 9.17) is 42.6 Å². The largest absolute Gasteiger partial charge is 0.459 e. The Labute approximate surface area is 654 Å². The number of rotatable bonds is 43. The molecule has 6 aromatic rings. The fourth-order valence-corrected chi connectivity index (χ4v) is 14.7. The van der Waals surface area contributed by atoms with Gasteiger partial charge in [-0.2, -0.15) is 0 Å². The maximum Gasteiger partial charge on any atom is 0.338 e. The minimum absolute atomic E-state index is 0.00755. The van der Waals surface area contributed by atoms with Crippen LogP contribution in [0.5, 0.6) is 0 Å². The lowest BCUT2D eigenvalue weighted by molar-refractivity contribution is -0.108. The van der Waals surface area contributed by atoms with Gasteiger partial charge in [0.05, 0.1) is 113 Å². The number of aliphatic hydroxyl groups is 3. The van der Waals surface area contributed by atoms with Crippen LogP contribution in [0.3, 0.4) is 0 Å². The van der Waals surface area contributed by atoms with Crippen LogP contribution in [0, 0.1) is 5.41 Å². The monoisotopic (exact) mass is 1530 g/mol. The first-order chi connectivity index (χ1) is 53.4. The molecule has 111 heavy (non-hydrogen) atoms. The number of ether oxygens (including phenoxy) is 9. The summed E-state index contributed by atoms with van der Waals surface area (Å²) in [5, 5.41) is 33.4. The van der Waals surface area contributed by atoms with E-state index in [2.05, 4.69) is 14.7 Å². The fourth-order valence-electron chi connectivity index (χ4n) is 14.7. The standard InChI is InChI=1S/C87H116N6O18/c1-11-84(60-106-54-75(94)57-109-81(100)69-21-15-63(16-22-69)51-85(12-2,88(5)6)78(97)66-27-33-72(34-28-66)91-39-45-103-46-40-91,61-107-55-76(95)58-110-82(101)70-23-17-64(18-24-70)52-86(13-3,89(7)8)79(98)67-29-35-73(36-30-67)92-41-47-104-48-42-92)62-108-56-77(96)59-111-83(102)71-25-19-65(20-26-71)53-87(14-4,90(9)10)80(99)68-31-37-74(38-32-68)93-43-49-105-50-44-93/h15-38,75-77,94-96H,11-14,39-62H2,1-10H3. The lowest BCUT2D eigenvalue weighted by Gasteiger charge is -2.38. The highest BCUT2D eigenvalue weighted by molar-refractivity contribution is 6.05. The summed E-state index contributed by atoms with van der Waals surface area (Å²) in [6, 6.07) is 43.9. The molecule has 0 amide bonds. The number of carbonyl (C=O) groups is 6. The summed E-state index contributed by atoms with van der Waals surface area (Å²) in [6.07, 6.45) is -0.640. The van der Waals surface area contributed by atoms with E-state index < -0.39 is 78.1 Å². The summed E-state index contributed by atoms with van der Waals surface area (Å²) in [7, 11) is 11.4. The molecule has 3 aliphatic rings. The number of Topliss-reactive ketones (excluding diaryl/α,β-unsaturated/α-hetero) is 3. The molecular formula is C87H116N6O18. The molecule has 602 valence electrons. The summed E-state index contributed by atoms with van der Waals surface area (Å²) in [6.45, 7) is 14.3. The van der Waals surface area contributed by atoms with Crippen LogP contribution < -0.4 is 14.7 Å². The lowest BCUT2D eigenvalue weighted by Crippen LogP contribution is -2.52. The van der Waals surface area contributed by atoms with Crippen molar-refractivity contribution in [3.63, 3.8) is 0 Å². The molecule has 3 saturated heterocycles. The van der Waals surface area contributed by atoms with Gasteiger partial charge in [0.2, 0.25) is 0 Å². The van der Waals surface area contributed by atoms with E-state index in [-0.39, 0.29) is 73.7 Å². The average Bonchev–Trinajstić information content (AvgIpc) is 0.795. The van der Waals surface area contributed by atoms with E-state index in [1.807, 2.05) is 157 Å². The van der Waals surface area contributed by atoms with Gasteiger partial charge in [0, 0.05) is 78.4 Å². The Bertz CT molecular complexity index is 3520. The Hall–Kier alpha value is -8.34. The summed E-state index contributed by atoms with van der Waals surface area (Å²) in [4.78, 5) is 96.0. The van der Waals surface area contributed by atoms with E-state index >= 15 is 0 Å². The van der Waals surface area contributed by atoms with Crippen LogP contribution in [0.1, 0.15) is 132 Å². The number of esters is 3. The Morgan fingerprint density at radius 1 is 0.342 bits per heavy atom. The summed E-state index contributed by atoms with van der Waals surface area (Å²) >= 11 is 0. The SMILES string of the molecule is CCC(COCC(O)COC(=O)c1ccc(CC(CC)(C(=O)c2ccc(N3CCOCC3)cc2)N(C)C)cc1)(COCC(O)COC(=O)c1ccc(CC(CC)(C(=O)c2ccc(N3CCOCC3)cc2)N(C)C)cc1)COCC(O)COC(=O)c1ccc(CC(CC)(C(=O)c2ccc(N3CCOCC3)cc2)N(C)C)cc1. The van der Waals surface area contributed by atoms with Gasteiger partial charge in [0.15, 0.2) is 17.3 Å². The molecule has 24 heteroatoms. The van der Waals surface area contributed by atoms with E-state index in [0.717, 1.165) is 73.0 Å². The van der Waals surface area contributed by atoms with Crippen LogP contribution >= 0.6 is 0 Å². The molecule has 24 nitrogen and oxygen atoms in total. The molecule has 0 saturated carbocycles. The van der Waals surface area contributed by atoms with Crippen LogP contribution in [-0.4, -0.2) is 281 Å². The quantitative estimate of drug-likeness (QED) is 0.0183. The molecule has 0 aliphatic carbocycles.